The van der Waals surface area contributed by atoms with Gasteiger partial charge in [-0.15, -0.1) is 6.42 Å². The Morgan fingerprint density at radius 3 is 2.53 bits per heavy atom. The highest BCUT2D eigenvalue weighted by Gasteiger charge is 2.02. The van der Waals surface area contributed by atoms with Crippen LogP contribution >= 0.6 is 0 Å². The SMILES string of the molecule is C#CC(O)c1ccc(OCCCN(C)C)cc1. The summed E-state index contributed by atoms with van der Waals surface area (Å²) in [6.07, 6.45) is 5.29. The summed E-state index contributed by atoms with van der Waals surface area (Å²) < 4.78 is 5.56. The molecule has 3 heteroatoms. The van der Waals surface area contributed by atoms with Gasteiger partial charge in [0, 0.05) is 6.54 Å². The number of terminal acetylenes is 1. The highest BCUT2D eigenvalue weighted by atomic mass is 16.5. The Hall–Kier alpha value is -1.50. The van der Waals surface area contributed by atoms with E-state index in [0.717, 1.165) is 18.7 Å². The summed E-state index contributed by atoms with van der Waals surface area (Å²) in [6.45, 7) is 1.70. The van der Waals surface area contributed by atoms with Crippen molar-refractivity contribution >= 4 is 0 Å². The quantitative estimate of drug-likeness (QED) is 0.599. The maximum Gasteiger partial charge on any atom is 0.139 e. The van der Waals surface area contributed by atoms with Crippen LogP contribution < -0.4 is 4.74 Å². The molecular weight excluding hydrogens is 214 g/mol. The highest BCUT2D eigenvalue weighted by Crippen LogP contribution is 2.17. The maximum atomic E-state index is 9.41. The van der Waals surface area contributed by atoms with E-state index in [4.69, 9.17) is 11.2 Å². The minimum atomic E-state index is -0.835. The number of nitrogens with zero attached hydrogens (tertiary/aromatic N) is 1. The fourth-order valence-electron chi connectivity index (χ4n) is 1.41. The largest absolute Gasteiger partial charge is 0.494 e. The zero-order chi connectivity index (χ0) is 12.7. The van der Waals surface area contributed by atoms with Gasteiger partial charge in [0.25, 0.3) is 0 Å². The van der Waals surface area contributed by atoms with Crippen molar-refractivity contribution in [2.24, 2.45) is 0 Å². The van der Waals surface area contributed by atoms with Gasteiger partial charge >= 0.3 is 0 Å². The van der Waals surface area contributed by atoms with E-state index in [1.165, 1.54) is 0 Å². The lowest BCUT2D eigenvalue weighted by Crippen LogP contribution is -2.15. The molecule has 0 fully saturated rings. The standard InChI is InChI=1S/C14H19NO2/c1-4-14(16)12-6-8-13(9-7-12)17-11-5-10-15(2)3/h1,6-9,14,16H,5,10-11H2,2-3H3. The molecule has 0 heterocycles. The molecule has 0 saturated carbocycles. The molecule has 1 unspecified atom stereocenters. The Morgan fingerprint density at radius 1 is 1.35 bits per heavy atom. The van der Waals surface area contributed by atoms with Gasteiger partial charge in [-0.1, -0.05) is 18.1 Å². The van der Waals surface area contributed by atoms with Crippen molar-refractivity contribution in [2.45, 2.75) is 12.5 Å². The molecule has 3 nitrogen and oxygen atoms in total. The third kappa shape index (κ3) is 4.90. The molecule has 1 N–H and O–H groups in total. The number of aliphatic hydroxyl groups is 1. The molecule has 1 rings (SSSR count). The van der Waals surface area contributed by atoms with Crippen LogP contribution in [0.15, 0.2) is 24.3 Å². The summed E-state index contributed by atoms with van der Waals surface area (Å²) in [5.41, 5.74) is 0.716. The third-order valence-electron chi connectivity index (χ3n) is 2.37. The first-order valence-electron chi connectivity index (χ1n) is 5.65. The van der Waals surface area contributed by atoms with Crippen LogP contribution in [0.4, 0.5) is 0 Å². The molecular formula is C14H19NO2. The van der Waals surface area contributed by atoms with E-state index in [1.807, 2.05) is 26.2 Å². The van der Waals surface area contributed by atoms with Gasteiger partial charge in [-0.05, 0) is 38.2 Å². The van der Waals surface area contributed by atoms with Crippen molar-refractivity contribution in [3.63, 3.8) is 0 Å². The van der Waals surface area contributed by atoms with Crippen molar-refractivity contribution < 1.29 is 9.84 Å². The Labute approximate surface area is 103 Å². The molecule has 0 spiro atoms. The average Bonchev–Trinajstić information content (AvgIpc) is 2.34. The van der Waals surface area contributed by atoms with Gasteiger partial charge in [-0.3, -0.25) is 0 Å². The highest BCUT2D eigenvalue weighted by molar-refractivity contribution is 5.31. The number of aliphatic hydroxyl groups excluding tert-OH is 1. The van der Waals surface area contributed by atoms with Crippen LogP contribution in [0.25, 0.3) is 0 Å². The third-order valence-corrected chi connectivity index (χ3v) is 2.37. The van der Waals surface area contributed by atoms with E-state index in [1.54, 1.807) is 12.1 Å². The first kappa shape index (κ1) is 13.6. The van der Waals surface area contributed by atoms with E-state index < -0.39 is 6.10 Å². The Morgan fingerprint density at radius 2 is 2.00 bits per heavy atom. The van der Waals surface area contributed by atoms with Crippen LogP contribution in [0.2, 0.25) is 0 Å². The van der Waals surface area contributed by atoms with Gasteiger partial charge in [0.2, 0.25) is 0 Å². The summed E-state index contributed by atoms with van der Waals surface area (Å²) in [5, 5.41) is 9.41. The van der Waals surface area contributed by atoms with E-state index in [9.17, 15) is 5.11 Å². The topological polar surface area (TPSA) is 32.7 Å². The summed E-state index contributed by atoms with van der Waals surface area (Å²) >= 11 is 0. The van der Waals surface area contributed by atoms with E-state index in [-0.39, 0.29) is 0 Å². The van der Waals surface area contributed by atoms with E-state index in [2.05, 4.69) is 10.8 Å². The van der Waals surface area contributed by atoms with Crippen LogP contribution in [0.3, 0.4) is 0 Å². The fraction of sp³-hybridized carbons (Fsp3) is 0.429. The number of benzene rings is 1. The molecule has 1 aromatic carbocycles. The smallest absolute Gasteiger partial charge is 0.139 e. The van der Waals surface area contributed by atoms with Crippen molar-refractivity contribution in [1.82, 2.24) is 4.90 Å². The number of hydrogen-bond acceptors (Lipinski definition) is 3. The minimum absolute atomic E-state index is 0.690. The number of ether oxygens (including phenoxy) is 1. The Bertz CT molecular complexity index is 365. The molecule has 0 aliphatic carbocycles. The molecule has 17 heavy (non-hydrogen) atoms. The van der Waals surface area contributed by atoms with Gasteiger partial charge in [-0.2, -0.15) is 0 Å². The molecule has 0 aliphatic rings. The molecule has 92 valence electrons. The molecule has 0 aliphatic heterocycles. The lowest BCUT2D eigenvalue weighted by atomic mass is 10.1. The Balaban J connectivity index is 2.38. The summed E-state index contributed by atoms with van der Waals surface area (Å²) in [7, 11) is 4.08. The van der Waals surface area contributed by atoms with Gasteiger partial charge in [0.05, 0.1) is 6.61 Å². The number of hydrogen-bond donors (Lipinski definition) is 1. The Kier molecular flexibility index (Phi) is 5.55. The van der Waals surface area contributed by atoms with Crippen LogP contribution in [0.5, 0.6) is 5.75 Å². The van der Waals surface area contributed by atoms with Crippen molar-refractivity contribution in [3.8, 4) is 18.1 Å². The van der Waals surface area contributed by atoms with Gasteiger partial charge in [0.1, 0.15) is 11.9 Å². The molecule has 0 amide bonds. The van der Waals surface area contributed by atoms with Crippen LogP contribution in [0, 0.1) is 12.3 Å². The first-order chi connectivity index (χ1) is 8.13. The normalized spacial score (nSPS) is 12.2. The van der Waals surface area contributed by atoms with Crippen LogP contribution in [-0.4, -0.2) is 37.3 Å². The lowest BCUT2D eigenvalue weighted by molar-refractivity contribution is 0.238. The second-order valence-electron chi connectivity index (χ2n) is 4.14. The average molecular weight is 233 g/mol. The molecule has 0 bridgehead atoms. The fourth-order valence-corrected chi connectivity index (χ4v) is 1.41. The van der Waals surface area contributed by atoms with Gasteiger partial charge in [-0.25, -0.2) is 0 Å². The molecule has 0 aromatic heterocycles. The van der Waals surface area contributed by atoms with E-state index >= 15 is 0 Å². The molecule has 1 aromatic rings. The van der Waals surface area contributed by atoms with Crippen LogP contribution in [-0.2, 0) is 0 Å². The second kappa shape index (κ2) is 6.95. The lowest BCUT2D eigenvalue weighted by Gasteiger charge is -2.11. The summed E-state index contributed by atoms with van der Waals surface area (Å²) in [4.78, 5) is 2.12. The molecule has 1 atom stereocenters. The summed E-state index contributed by atoms with van der Waals surface area (Å²) in [6, 6.07) is 7.22. The monoisotopic (exact) mass is 233 g/mol. The number of rotatable bonds is 6. The van der Waals surface area contributed by atoms with Gasteiger partial charge < -0.3 is 14.7 Å². The zero-order valence-electron chi connectivity index (χ0n) is 10.4. The molecule has 0 radical (unpaired) electrons. The van der Waals surface area contributed by atoms with Crippen LogP contribution in [0.1, 0.15) is 18.1 Å². The molecule has 0 saturated heterocycles. The maximum absolute atomic E-state index is 9.41. The second-order valence-corrected chi connectivity index (χ2v) is 4.14. The van der Waals surface area contributed by atoms with Crippen molar-refractivity contribution in [1.29, 1.82) is 0 Å². The van der Waals surface area contributed by atoms with Gasteiger partial charge in [0.15, 0.2) is 0 Å². The van der Waals surface area contributed by atoms with E-state index in [0.29, 0.717) is 12.2 Å². The van der Waals surface area contributed by atoms with Crippen molar-refractivity contribution in [3.05, 3.63) is 29.8 Å². The first-order valence-corrected chi connectivity index (χ1v) is 5.65. The zero-order valence-corrected chi connectivity index (χ0v) is 10.4. The minimum Gasteiger partial charge on any atom is -0.494 e. The predicted molar refractivity (Wildman–Crippen MR) is 68.9 cm³/mol. The van der Waals surface area contributed by atoms with Crippen molar-refractivity contribution in [2.75, 3.05) is 27.2 Å². The summed E-state index contributed by atoms with van der Waals surface area (Å²) in [5.74, 6) is 3.08. The predicted octanol–water partition coefficient (Wildman–Crippen LogP) is 1.68.